The van der Waals surface area contributed by atoms with Crippen LogP contribution in [0, 0.1) is 5.82 Å². The van der Waals surface area contributed by atoms with Crippen molar-refractivity contribution in [1.29, 1.82) is 0 Å². The molecule has 1 aliphatic heterocycles. The second-order valence-electron chi connectivity index (χ2n) is 5.82. The molecule has 9 heteroatoms. The van der Waals surface area contributed by atoms with Gasteiger partial charge in [-0.05, 0) is 40.2 Å². The molecule has 0 radical (unpaired) electrons. The van der Waals surface area contributed by atoms with Crippen LogP contribution in [0.1, 0.15) is 0 Å². The fourth-order valence-electron chi connectivity index (χ4n) is 2.80. The van der Waals surface area contributed by atoms with Gasteiger partial charge < -0.3 is 14.0 Å². The molecule has 1 aliphatic rings. The number of amides is 1. The van der Waals surface area contributed by atoms with Crippen LogP contribution < -0.4 is 9.64 Å². The maximum Gasteiger partial charge on any atom is 0.414 e. The van der Waals surface area contributed by atoms with Gasteiger partial charge >= 0.3 is 6.09 Å². The second-order valence-corrected chi connectivity index (χ2v) is 6.63. The first-order valence-electron chi connectivity index (χ1n) is 8.11. The normalized spacial score (nSPS) is 16.4. The summed E-state index contributed by atoms with van der Waals surface area (Å²) in [6.07, 6.45) is 4.22. The minimum atomic E-state index is -0.540. The lowest BCUT2D eigenvalue weighted by molar-refractivity contribution is 0.175. The monoisotopic (exact) mass is 432 g/mol. The van der Waals surface area contributed by atoms with Gasteiger partial charge in [-0.1, -0.05) is 6.07 Å². The molecule has 0 saturated carbocycles. The highest BCUT2D eigenvalue weighted by atomic mass is 79.9. The number of halogens is 2. The Morgan fingerprint density at radius 3 is 2.89 bits per heavy atom. The first-order valence-corrected chi connectivity index (χ1v) is 8.90. The van der Waals surface area contributed by atoms with Gasteiger partial charge in [0.05, 0.1) is 11.4 Å². The first-order chi connectivity index (χ1) is 13.1. The summed E-state index contributed by atoms with van der Waals surface area (Å²) in [5.74, 6) is -0.0366. The van der Waals surface area contributed by atoms with E-state index in [2.05, 4.69) is 25.9 Å². The largest absolute Gasteiger partial charge is 0.475 e. The zero-order valence-corrected chi connectivity index (χ0v) is 15.5. The Balaban J connectivity index is 1.55. The van der Waals surface area contributed by atoms with E-state index in [-0.39, 0.29) is 19.3 Å². The number of nitrogens with zero attached hydrogens (tertiary/aromatic N) is 4. The van der Waals surface area contributed by atoms with Crippen molar-refractivity contribution in [3.63, 3.8) is 0 Å². The predicted molar refractivity (Wildman–Crippen MR) is 98.6 cm³/mol. The molecular formula is C18H14BrFN4O3. The number of pyridine rings is 1. The molecule has 1 atom stereocenters. The number of hydrogen-bond acceptors (Lipinski definition) is 5. The minimum Gasteiger partial charge on any atom is -0.475 e. The Morgan fingerprint density at radius 2 is 2.19 bits per heavy atom. The highest BCUT2D eigenvalue weighted by Crippen LogP contribution is 2.27. The average Bonchev–Trinajstić information content (AvgIpc) is 3.26. The number of anilines is 1. The number of cyclic esters (lactones) is 1. The summed E-state index contributed by atoms with van der Waals surface area (Å²) in [5, 5.41) is 0. The van der Waals surface area contributed by atoms with Gasteiger partial charge in [-0.2, -0.15) is 0 Å². The van der Waals surface area contributed by atoms with Crippen LogP contribution >= 0.6 is 15.9 Å². The Hall–Kier alpha value is -2.94. The number of carbonyl (C=O) groups excluding carboxylic acids is 1. The lowest BCUT2D eigenvalue weighted by Gasteiger charge is -2.22. The van der Waals surface area contributed by atoms with Crippen LogP contribution in [0.15, 0.2) is 59.7 Å². The highest BCUT2D eigenvalue weighted by Gasteiger charge is 2.35. The van der Waals surface area contributed by atoms with E-state index < -0.39 is 11.9 Å². The van der Waals surface area contributed by atoms with Gasteiger partial charge in [0.25, 0.3) is 0 Å². The lowest BCUT2D eigenvalue weighted by atomic mass is 10.2. The minimum absolute atomic E-state index is 0.156. The topological polar surface area (TPSA) is 69.5 Å². The first kappa shape index (κ1) is 17.5. The Bertz CT molecular complexity index is 966. The third-order valence-corrected chi connectivity index (χ3v) is 4.47. The van der Waals surface area contributed by atoms with Crippen LogP contribution in [0.2, 0.25) is 0 Å². The van der Waals surface area contributed by atoms with E-state index in [1.807, 2.05) is 0 Å². The number of rotatable bonds is 5. The molecular weight excluding hydrogens is 419 g/mol. The number of carbonyl (C=O) groups is 1. The van der Waals surface area contributed by atoms with Crippen molar-refractivity contribution in [3.8, 4) is 11.6 Å². The maximum absolute atomic E-state index is 14.6. The highest BCUT2D eigenvalue weighted by molar-refractivity contribution is 9.10. The second kappa shape index (κ2) is 7.36. The smallest absolute Gasteiger partial charge is 0.414 e. The fourth-order valence-corrected chi connectivity index (χ4v) is 3.11. The number of aromatic nitrogens is 3. The zero-order chi connectivity index (χ0) is 18.8. The Labute approximate surface area is 162 Å². The third kappa shape index (κ3) is 3.63. The Morgan fingerprint density at radius 1 is 1.30 bits per heavy atom. The van der Waals surface area contributed by atoms with Crippen LogP contribution in [-0.4, -0.2) is 39.9 Å². The van der Waals surface area contributed by atoms with Gasteiger partial charge in [0.1, 0.15) is 36.0 Å². The van der Waals surface area contributed by atoms with Gasteiger partial charge in [0, 0.05) is 18.5 Å². The van der Waals surface area contributed by atoms with Crippen molar-refractivity contribution in [3.05, 3.63) is 65.5 Å². The van der Waals surface area contributed by atoms with Crippen LogP contribution in [0.5, 0.6) is 5.88 Å². The third-order valence-electron chi connectivity index (χ3n) is 4.06. The molecule has 138 valence electrons. The zero-order valence-electron chi connectivity index (χ0n) is 14.0. The summed E-state index contributed by atoms with van der Waals surface area (Å²) in [5.41, 5.74) is 0.721. The van der Waals surface area contributed by atoms with Crippen LogP contribution in [0.3, 0.4) is 0 Å². The molecule has 3 heterocycles. The molecule has 7 nitrogen and oxygen atoms in total. The van der Waals surface area contributed by atoms with E-state index in [0.717, 1.165) is 0 Å². The molecule has 3 aromatic rings. The molecule has 4 rings (SSSR count). The molecule has 2 aromatic heterocycles. The summed E-state index contributed by atoms with van der Waals surface area (Å²) < 4.78 is 27.5. The molecule has 1 saturated heterocycles. The van der Waals surface area contributed by atoms with Crippen molar-refractivity contribution in [2.75, 3.05) is 18.1 Å². The summed E-state index contributed by atoms with van der Waals surface area (Å²) >= 11 is 3.23. The van der Waals surface area contributed by atoms with E-state index in [0.29, 0.717) is 21.9 Å². The Kier molecular flexibility index (Phi) is 4.76. The number of ether oxygens (including phenoxy) is 2. The number of benzene rings is 1. The maximum atomic E-state index is 14.6. The van der Waals surface area contributed by atoms with Crippen molar-refractivity contribution < 1.29 is 18.7 Å². The van der Waals surface area contributed by atoms with Gasteiger partial charge in [0.15, 0.2) is 0 Å². The quantitative estimate of drug-likeness (QED) is 0.616. The van der Waals surface area contributed by atoms with Crippen molar-refractivity contribution in [2.45, 2.75) is 6.04 Å². The lowest BCUT2D eigenvalue weighted by Crippen LogP contribution is -2.38. The molecule has 0 unspecified atom stereocenters. The molecule has 0 N–H and O–H groups in total. The van der Waals surface area contributed by atoms with Gasteiger partial charge in [-0.15, -0.1) is 0 Å². The molecule has 1 amide bonds. The number of hydrogen-bond donors (Lipinski definition) is 0. The van der Waals surface area contributed by atoms with Crippen molar-refractivity contribution in [1.82, 2.24) is 14.5 Å². The summed E-state index contributed by atoms with van der Waals surface area (Å²) in [4.78, 5) is 21.6. The van der Waals surface area contributed by atoms with Gasteiger partial charge in [0.2, 0.25) is 5.88 Å². The molecule has 0 bridgehead atoms. The van der Waals surface area contributed by atoms with Gasteiger partial charge in [-0.25, -0.2) is 19.2 Å². The van der Waals surface area contributed by atoms with Gasteiger partial charge in [-0.3, -0.25) is 4.90 Å². The van der Waals surface area contributed by atoms with Crippen LogP contribution in [0.4, 0.5) is 14.9 Å². The van der Waals surface area contributed by atoms with Crippen LogP contribution in [0.25, 0.3) is 5.69 Å². The number of imidazole rings is 1. The SMILES string of the molecule is O=C1OC[C@@H](COc2ccccn2)N1c1ccc(-n2cnc(Br)c2)c(F)c1. The molecule has 1 fully saturated rings. The van der Waals surface area contributed by atoms with E-state index >= 15 is 0 Å². The fraction of sp³-hybridized carbons (Fsp3) is 0.167. The van der Waals surface area contributed by atoms with E-state index in [1.54, 1.807) is 47.3 Å². The standard InChI is InChI=1S/C18H14BrFN4O3/c19-16-8-23(11-22-16)15-5-4-12(7-14(15)20)24-13(10-27-18(24)25)9-26-17-3-1-2-6-21-17/h1-8,11,13H,9-10H2/t13-/m1/s1. The average molecular weight is 433 g/mol. The van der Waals surface area contributed by atoms with Crippen LogP contribution in [-0.2, 0) is 4.74 Å². The van der Waals surface area contributed by atoms with E-state index in [1.165, 1.54) is 17.3 Å². The summed E-state index contributed by atoms with van der Waals surface area (Å²) in [7, 11) is 0. The van der Waals surface area contributed by atoms with E-state index in [4.69, 9.17) is 9.47 Å². The molecule has 0 spiro atoms. The summed E-state index contributed by atoms with van der Waals surface area (Å²) in [6, 6.07) is 9.47. The van der Waals surface area contributed by atoms with Crippen molar-refractivity contribution >= 4 is 27.7 Å². The molecule has 0 aliphatic carbocycles. The molecule has 1 aromatic carbocycles. The predicted octanol–water partition coefficient (Wildman–Crippen LogP) is 3.57. The molecule has 27 heavy (non-hydrogen) atoms. The summed E-state index contributed by atoms with van der Waals surface area (Å²) in [6.45, 7) is 0.337. The van der Waals surface area contributed by atoms with E-state index in [9.17, 15) is 9.18 Å². The van der Waals surface area contributed by atoms with Crippen molar-refractivity contribution in [2.24, 2.45) is 0 Å².